The topological polar surface area (TPSA) is 38.1 Å². The molecule has 0 aliphatic carbocycles. The minimum Gasteiger partial charge on any atom is -0.441 e. The quantitative estimate of drug-likeness (QED) is 0.850. The van der Waals surface area contributed by atoms with Gasteiger partial charge in [0.1, 0.15) is 11.6 Å². The van der Waals surface area contributed by atoms with Crippen LogP contribution in [-0.4, -0.2) is 11.5 Å². The van der Waals surface area contributed by atoms with Crippen LogP contribution in [0.1, 0.15) is 11.5 Å². The van der Waals surface area contributed by atoms with Crippen LogP contribution in [0.5, 0.6) is 0 Å². The smallest absolute Gasteiger partial charge is 0.226 e. The van der Waals surface area contributed by atoms with Crippen LogP contribution in [0.4, 0.5) is 4.39 Å². The van der Waals surface area contributed by atoms with Gasteiger partial charge in [-0.05, 0) is 24.3 Å². The maximum atomic E-state index is 12.8. The molecule has 0 atom stereocenters. The number of oxazole rings is 1. The normalized spacial score (nSPS) is 13.9. The predicted octanol–water partition coefficient (Wildman–Crippen LogP) is 2.55. The molecule has 1 N–H and O–H groups in total. The average Bonchev–Trinajstić information content (AvgIpc) is 2.73. The highest BCUT2D eigenvalue weighted by molar-refractivity contribution is 5.85. The highest BCUT2D eigenvalue weighted by Gasteiger charge is 2.17. The molecule has 1 aromatic carbocycles. The maximum Gasteiger partial charge on any atom is 0.226 e. The summed E-state index contributed by atoms with van der Waals surface area (Å²) in [6.45, 7) is 1.67. The fourth-order valence-electron chi connectivity index (χ4n) is 1.84. The van der Waals surface area contributed by atoms with E-state index in [0.717, 1.165) is 36.5 Å². The lowest BCUT2D eigenvalue weighted by molar-refractivity contribution is 0.483. The van der Waals surface area contributed by atoms with E-state index in [0.29, 0.717) is 5.89 Å². The van der Waals surface area contributed by atoms with Crippen LogP contribution in [0.15, 0.2) is 28.7 Å². The number of nitrogens with zero attached hydrogens (tertiary/aromatic N) is 1. The zero-order valence-electron chi connectivity index (χ0n) is 9.07. The highest BCUT2D eigenvalue weighted by atomic mass is 35.5. The SMILES string of the molecule is Cl.Fc1ccc(-c2nc3c(o2)CCNC3)cc1. The Morgan fingerprint density at radius 2 is 2.00 bits per heavy atom. The maximum absolute atomic E-state index is 12.8. The van der Waals surface area contributed by atoms with Gasteiger partial charge in [-0.1, -0.05) is 0 Å². The van der Waals surface area contributed by atoms with Crippen molar-refractivity contribution in [2.75, 3.05) is 6.54 Å². The van der Waals surface area contributed by atoms with Crippen molar-refractivity contribution in [3.8, 4) is 11.5 Å². The minimum atomic E-state index is -0.248. The molecule has 1 aliphatic heterocycles. The second-order valence-electron chi connectivity index (χ2n) is 3.82. The van der Waals surface area contributed by atoms with Gasteiger partial charge in [0.05, 0.1) is 5.69 Å². The summed E-state index contributed by atoms with van der Waals surface area (Å²) < 4.78 is 18.4. The van der Waals surface area contributed by atoms with Crippen LogP contribution in [0, 0.1) is 5.82 Å². The first-order valence-corrected chi connectivity index (χ1v) is 5.28. The Morgan fingerprint density at radius 3 is 2.71 bits per heavy atom. The number of aromatic nitrogens is 1. The van der Waals surface area contributed by atoms with Crippen LogP contribution < -0.4 is 5.32 Å². The van der Waals surface area contributed by atoms with E-state index in [1.165, 1.54) is 12.1 Å². The first-order chi connectivity index (χ1) is 7.83. The van der Waals surface area contributed by atoms with E-state index in [1.54, 1.807) is 12.1 Å². The number of nitrogens with one attached hydrogen (secondary N) is 1. The summed E-state index contributed by atoms with van der Waals surface area (Å²) in [7, 11) is 0. The molecule has 1 aliphatic rings. The van der Waals surface area contributed by atoms with Gasteiger partial charge in [0.2, 0.25) is 5.89 Å². The van der Waals surface area contributed by atoms with E-state index < -0.39 is 0 Å². The average molecular weight is 255 g/mol. The molecule has 0 saturated heterocycles. The second kappa shape index (κ2) is 4.85. The molecule has 0 saturated carbocycles. The van der Waals surface area contributed by atoms with Crippen molar-refractivity contribution in [3.05, 3.63) is 41.5 Å². The number of fused-ring (bicyclic) bond motifs is 1. The van der Waals surface area contributed by atoms with Crippen molar-refractivity contribution >= 4 is 12.4 Å². The molecule has 1 aromatic heterocycles. The van der Waals surface area contributed by atoms with Crippen molar-refractivity contribution in [2.45, 2.75) is 13.0 Å². The number of hydrogen-bond acceptors (Lipinski definition) is 3. The summed E-state index contributed by atoms with van der Waals surface area (Å²) in [6, 6.07) is 6.19. The van der Waals surface area contributed by atoms with Crippen LogP contribution in [0.25, 0.3) is 11.5 Å². The lowest BCUT2D eigenvalue weighted by atomic mass is 10.2. The lowest BCUT2D eigenvalue weighted by Crippen LogP contribution is -2.22. The molecule has 5 heteroatoms. The Morgan fingerprint density at radius 1 is 1.24 bits per heavy atom. The number of rotatable bonds is 1. The van der Waals surface area contributed by atoms with Gasteiger partial charge in [-0.25, -0.2) is 9.37 Å². The van der Waals surface area contributed by atoms with Gasteiger partial charge in [-0.3, -0.25) is 0 Å². The van der Waals surface area contributed by atoms with Crippen LogP contribution in [0.2, 0.25) is 0 Å². The first kappa shape index (κ1) is 12.1. The Bertz CT molecular complexity index is 486. The molecule has 2 heterocycles. The van der Waals surface area contributed by atoms with Gasteiger partial charge in [0.25, 0.3) is 0 Å². The summed E-state index contributed by atoms with van der Waals surface area (Å²) in [6.07, 6.45) is 0.865. The molecular weight excluding hydrogens is 243 g/mol. The van der Waals surface area contributed by atoms with E-state index in [2.05, 4.69) is 10.3 Å². The zero-order chi connectivity index (χ0) is 11.0. The Labute approximate surface area is 104 Å². The van der Waals surface area contributed by atoms with Gasteiger partial charge in [0, 0.05) is 25.1 Å². The Balaban J connectivity index is 0.00000108. The predicted molar refractivity (Wildman–Crippen MR) is 64.6 cm³/mol. The summed E-state index contributed by atoms with van der Waals surface area (Å²) in [5, 5.41) is 3.23. The van der Waals surface area contributed by atoms with Crippen molar-refractivity contribution in [1.82, 2.24) is 10.3 Å². The molecule has 3 rings (SSSR count). The number of benzene rings is 1. The van der Waals surface area contributed by atoms with Crippen molar-refractivity contribution < 1.29 is 8.81 Å². The molecule has 0 spiro atoms. The van der Waals surface area contributed by atoms with Gasteiger partial charge < -0.3 is 9.73 Å². The third-order valence-electron chi connectivity index (χ3n) is 2.69. The van der Waals surface area contributed by atoms with E-state index in [1.807, 2.05) is 0 Å². The monoisotopic (exact) mass is 254 g/mol. The Hall–Kier alpha value is -1.39. The standard InChI is InChI=1S/C12H11FN2O.ClH/c13-9-3-1-8(2-4-9)12-15-10-7-14-6-5-11(10)16-12;/h1-4,14H,5-7H2;1H. The second-order valence-corrected chi connectivity index (χ2v) is 3.82. The Kier molecular flexibility index (Phi) is 3.45. The third-order valence-corrected chi connectivity index (χ3v) is 2.69. The van der Waals surface area contributed by atoms with Crippen LogP contribution >= 0.6 is 12.4 Å². The molecule has 0 unspecified atom stereocenters. The lowest BCUT2D eigenvalue weighted by Gasteiger charge is -2.08. The van der Waals surface area contributed by atoms with Gasteiger partial charge >= 0.3 is 0 Å². The molecule has 90 valence electrons. The van der Waals surface area contributed by atoms with Crippen molar-refractivity contribution in [3.63, 3.8) is 0 Å². The number of hydrogen-bond donors (Lipinski definition) is 1. The van der Waals surface area contributed by atoms with E-state index in [4.69, 9.17) is 4.42 Å². The molecule has 2 aromatic rings. The molecule has 0 amide bonds. The van der Waals surface area contributed by atoms with E-state index >= 15 is 0 Å². The molecule has 3 nitrogen and oxygen atoms in total. The molecule has 17 heavy (non-hydrogen) atoms. The fourth-order valence-corrected chi connectivity index (χ4v) is 1.84. The summed E-state index contributed by atoms with van der Waals surface area (Å²) in [4.78, 5) is 4.40. The first-order valence-electron chi connectivity index (χ1n) is 5.28. The highest BCUT2D eigenvalue weighted by Crippen LogP contribution is 2.23. The molecule has 0 radical (unpaired) electrons. The van der Waals surface area contributed by atoms with Gasteiger partial charge in [0.15, 0.2) is 0 Å². The summed E-state index contributed by atoms with van der Waals surface area (Å²) >= 11 is 0. The van der Waals surface area contributed by atoms with Crippen LogP contribution in [0.3, 0.4) is 0 Å². The molecule has 0 fully saturated rings. The van der Waals surface area contributed by atoms with E-state index in [9.17, 15) is 4.39 Å². The fraction of sp³-hybridized carbons (Fsp3) is 0.250. The van der Waals surface area contributed by atoms with Gasteiger partial charge in [-0.2, -0.15) is 0 Å². The third kappa shape index (κ3) is 2.33. The summed E-state index contributed by atoms with van der Waals surface area (Å²) in [5.74, 6) is 1.27. The minimum absolute atomic E-state index is 0. The van der Waals surface area contributed by atoms with Crippen molar-refractivity contribution in [2.24, 2.45) is 0 Å². The molecular formula is C12H12ClFN2O. The zero-order valence-corrected chi connectivity index (χ0v) is 9.89. The summed E-state index contributed by atoms with van der Waals surface area (Å²) in [5.41, 5.74) is 1.78. The van der Waals surface area contributed by atoms with Gasteiger partial charge in [-0.15, -0.1) is 12.4 Å². The number of halogens is 2. The van der Waals surface area contributed by atoms with E-state index in [-0.39, 0.29) is 18.2 Å². The van der Waals surface area contributed by atoms with Crippen molar-refractivity contribution in [1.29, 1.82) is 0 Å². The largest absolute Gasteiger partial charge is 0.441 e. The van der Waals surface area contributed by atoms with Crippen LogP contribution in [-0.2, 0) is 13.0 Å². The molecule has 0 bridgehead atoms.